The maximum Gasteiger partial charge on any atom is 0.0693 e. The maximum atomic E-state index is 9.71. The minimum Gasteiger partial charge on any atom is -0.392 e. The Hall–Kier alpha value is -0.0800. The molecule has 2 nitrogen and oxygen atoms in total. The monoisotopic (exact) mass is 225 g/mol. The molecule has 0 radical (unpaired) electrons. The SMILES string of the molecule is CC1CCCC(CCNC2CCCC2O)C1. The number of nitrogens with one attached hydrogen (secondary N) is 1. The van der Waals surface area contributed by atoms with Crippen LogP contribution in [0.2, 0.25) is 0 Å². The van der Waals surface area contributed by atoms with Crippen LogP contribution in [0.1, 0.15) is 58.3 Å². The average Bonchev–Trinajstić information content (AvgIpc) is 2.65. The molecule has 94 valence electrons. The van der Waals surface area contributed by atoms with Crippen molar-refractivity contribution < 1.29 is 5.11 Å². The van der Waals surface area contributed by atoms with Crippen molar-refractivity contribution >= 4 is 0 Å². The van der Waals surface area contributed by atoms with E-state index in [1.54, 1.807) is 0 Å². The van der Waals surface area contributed by atoms with Crippen molar-refractivity contribution in [2.45, 2.75) is 70.4 Å². The van der Waals surface area contributed by atoms with Crippen molar-refractivity contribution in [3.8, 4) is 0 Å². The number of rotatable bonds is 4. The topological polar surface area (TPSA) is 32.3 Å². The normalized spacial score (nSPS) is 40.1. The predicted octanol–water partition coefficient (Wildman–Crippen LogP) is 2.71. The third-order valence-corrected chi connectivity index (χ3v) is 4.48. The molecular weight excluding hydrogens is 198 g/mol. The van der Waals surface area contributed by atoms with Gasteiger partial charge in [0.2, 0.25) is 0 Å². The number of hydrogen-bond acceptors (Lipinski definition) is 2. The fourth-order valence-corrected chi connectivity index (χ4v) is 3.47. The molecule has 0 bridgehead atoms. The van der Waals surface area contributed by atoms with E-state index in [0.29, 0.717) is 6.04 Å². The second-order valence-electron chi connectivity index (χ2n) is 5.99. The van der Waals surface area contributed by atoms with Gasteiger partial charge in [0.25, 0.3) is 0 Å². The Morgan fingerprint density at radius 2 is 1.94 bits per heavy atom. The van der Waals surface area contributed by atoms with Crippen LogP contribution in [0.15, 0.2) is 0 Å². The standard InChI is InChI=1S/C14H27NO/c1-11-4-2-5-12(10-11)8-9-15-13-6-3-7-14(13)16/h11-16H,2-10H2,1H3. The van der Waals surface area contributed by atoms with Crippen molar-refractivity contribution in [3.05, 3.63) is 0 Å². The molecule has 0 aromatic carbocycles. The molecule has 0 aliphatic heterocycles. The first-order valence-electron chi connectivity index (χ1n) is 7.17. The summed E-state index contributed by atoms with van der Waals surface area (Å²) in [6, 6.07) is 0.390. The number of hydrogen-bond donors (Lipinski definition) is 2. The highest BCUT2D eigenvalue weighted by Crippen LogP contribution is 2.30. The van der Waals surface area contributed by atoms with Gasteiger partial charge in [0, 0.05) is 6.04 Å². The highest BCUT2D eigenvalue weighted by Gasteiger charge is 2.25. The van der Waals surface area contributed by atoms with Crippen molar-refractivity contribution in [2.75, 3.05) is 6.54 Å². The van der Waals surface area contributed by atoms with E-state index in [9.17, 15) is 5.11 Å². The summed E-state index contributed by atoms with van der Waals surface area (Å²) in [7, 11) is 0. The van der Waals surface area contributed by atoms with Crippen molar-refractivity contribution in [2.24, 2.45) is 11.8 Å². The van der Waals surface area contributed by atoms with E-state index in [0.717, 1.165) is 24.8 Å². The molecule has 0 aromatic rings. The van der Waals surface area contributed by atoms with Gasteiger partial charge in [-0.3, -0.25) is 0 Å². The zero-order valence-electron chi connectivity index (χ0n) is 10.6. The highest BCUT2D eigenvalue weighted by molar-refractivity contribution is 4.83. The van der Waals surface area contributed by atoms with Gasteiger partial charge in [0.15, 0.2) is 0 Å². The third-order valence-electron chi connectivity index (χ3n) is 4.48. The van der Waals surface area contributed by atoms with Gasteiger partial charge in [0.05, 0.1) is 6.10 Å². The Bertz CT molecular complexity index is 207. The van der Waals surface area contributed by atoms with E-state index >= 15 is 0 Å². The lowest BCUT2D eigenvalue weighted by atomic mass is 9.81. The summed E-state index contributed by atoms with van der Waals surface area (Å²) >= 11 is 0. The molecule has 16 heavy (non-hydrogen) atoms. The Labute approximate surface area is 99.8 Å². The Kier molecular flexibility index (Phi) is 4.66. The molecule has 2 saturated carbocycles. The molecule has 2 N–H and O–H groups in total. The fraction of sp³-hybridized carbons (Fsp3) is 1.00. The number of aliphatic hydroxyl groups is 1. The minimum absolute atomic E-state index is 0.0784. The highest BCUT2D eigenvalue weighted by atomic mass is 16.3. The zero-order valence-corrected chi connectivity index (χ0v) is 10.6. The van der Waals surface area contributed by atoms with Crippen LogP contribution in [0.5, 0.6) is 0 Å². The molecule has 0 spiro atoms. The molecule has 2 heteroatoms. The summed E-state index contributed by atoms with van der Waals surface area (Å²) in [6.45, 7) is 3.50. The molecular formula is C14H27NO. The van der Waals surface area contributed by atoms with Crippen LogP contribution in [-0.4, -0.2) is 23.8 Å². The first-order chi connectivity index (χ1) is 7.75. The summed E-state index contributed by atoms with van der Waals surface area (Å²) in [5.41, 5.74) is 0. The second kappa shape index (κ2) is 6.02. The van der Waals surface area contributed by atoms with Crippen molar-refractivity contribution in [1.29, 1.82) is 0 Å². The smallest absolute Gasteiger partial charge is 0.0693 e. The molecule has 0 saturated heterocycles. The molecule has 2 rings (SSSR count). The summed E-state index contributed by atoms with van der Waals surface area (Å²) < 4.78 is 0. The first-order valence-corrected chi connectivity index (χ1v) is 7.17. The van der Waals surface area contributed by atoms with Crippen molar-refractivity contribution in [3.63, 3.8) is 0 Å². The summed E-state index contributed by atoms with van der Waals surface area (Å²) in [4.78, 5) is 0. The van der Waals surface area contributed by atoms with Gasteiger partial charge in [-0.2, -0.15) is 0 Å². The Balaban J connectivity index is 1.60. The molecule has 2 fully saturated rings. The molecule has 0 aromatic heterocycles. The van der Waals surface area contributed by atoms with Gasteiger partial charge in [-0.1, -0.05) is 26.2 Å². The van der Waals surface area contributed by atoms with Crippen molar-refractivity contribution in [1.82, 2.24) is 5.32 Å². The zero-order chi connectivity index (χ0) is 11.4. The van der Waals surface area contributed by atoms with Crippen LogP contribution in [0.3, 0.4) is 0 Å². The first kappa shape index (κ1) is 12.4. The number of aliphatic hydroxyl groups excluding tert-OH is 1. The van der Waals surface area contributed by atoms with Crippen LogP contribution in [0.25, 0.3) is 0 Å². The molecule has 0 heterocycles. The lowest BCUT2D eigenvalue weighted by molar-refractivity contribution is 0.147. The summed E-state index contributed by atoms with van der Waals surface area (Å²) in [5.74, 6) is 1.88. The van der Waals surface area contributed by atoms with E-state index in [1.807, 2.05) is 0 Å². The Morgan fingerprint density at radius 3 is 2.62 bits per heavy atom. The molecule has 2 aliphatic carbocycles. The molecule has 2 aliphatic rings. The van der Waals surface area contributed by atoms with Gasteiger partial charge in [0.1, 0.15) is 0 Å². The largest absolute Gasteiger partial charge is 0.392 e. The lowest BCUT2D eigenvalue weighted by Gasteiger charge is -2.27. The molecule has 4 atom stereocenters. The quantitative estimate of drug-likeness (QED) is 0.771. The van der Waals surface area contributed by atoms with Crippen LogP contribution >= 0.6 is 0 Å². The fourth-order valence-electron chi connectivity index (χ4n) is 3.47. The van der Waals surface area contributed by atoms with E-state index < -0.39 is 0 Å². The summed E-state index contributed by atoms with van der Waals surface area (Å²) in [5, 5.41) is 13.2. The summed E-state index contributed by atoms with van der Waals surface area (Å²) in [6.07, 6.45) is 10.3. The van der Waals surface area contributed by atoms with Gasteiger partial charge in [-0.15, -0.1) is 0 Å². The minimum atomic E-state index is -0.0784. The van der Waals surface area contributed by atoms with Gasteiger partial charge < -0.3 is 10.4 Å². The lowest BCUT2D eigenvalue weighted by Crippen LogP contribution is -2.37. The third kappa shape index (κ3) is 3.46. The second-order valence-corrected chi connectivity index (χ2v) is 5.99. The van der Waals surface area contributed by atoms with E-state index in [-0.39, 0.29) is 6.10 Å². The van der Waals surface area contributed by atoms with Gasteiger partial charge in [-0.25, -0.2) is 0 Å². The van der Waals surface area contributed by atoms with E-state index in [4.69, 9.17) is 0 Å². The predicted molar refractivity (Wildman–Crippen MR) is 67.4 cm³/mol. The van der Waals surface area contributed by atoms with Gasteiger partial charge >= 0.3 is 0 Å². The van der Waals surface area contributed by atoms with Crippen LogP contribution in [0, 0.1) is 11.8 Å². The van der Waals surface area contributed by atoms with E-state index in [2.05, 4.69) is 12.2 Å². The van der Waals surface area contributed by atoms with Crippen LogP contribution in [-0.2, 0) is 0 Å². The van der Waals surface area contributed by atoms with Crippen LogP contribution < -0.4 is 5.32 Å². The van der Waals surface area contributed by atoms with Crippen LogP contribution in [0.4, 0.5) is 0 Å². The Morgan fingerprint density at radius 1 is 1.12 bits per heavy atom. The maximum absolute atomic E-state index is 9.71. The molecule has 0 amide bonds. The molecule has 4 unspecified atom stereocenters. The average molecular weight is 225 g/mol. The van der Waals surface area contributed by atoms with E-state index in [1.165, 1.54) is 44.9 Å². The van der Waals surface area contributed by atoms with Gasteiger partial charge in [-0.05, 0) is 50.5 Å².